The standard InChI is InChI=1S/C18H23N3O5S/c1-3-10-27(24,25)20-9-5-7-15(20)18(23)26-12-14-11-17(22)21-13(2)6-4-8-16(21)19-14/h4,6,8,11,15H,3,5,7,9-10,12H2,1-2H3. The molecule has 8 nitrogen and oxygen atoms in total. The zero-order valence-electron chi connectivity index (χ0n) is 15.4. The first-order chi connectivity index (χ1) is 12.8. The third-order valence-corrected chi connectivity index (χ3v) is 6.67. The van der Waals surface area contributed by atoms with E-state index < -0.39 is 22.0 Å². The molecule has 1 aliphatic heterocycles. The zero-order chi connectivity index (χ0) is 19.6. The number of sulfonamides is 1. The lowest BCUT2D eigenvalue weighted by Gasteiger charge is -2.22. The maximum Gasteiger partial charge on any atom is 0.324 e. The summed E-state index contributed by atoms with van der Waals surface area (Å²) in [7, 11) is -3.46. The van der Waals surface area contributed by atoms with Gasteiger partial charge in [-0.3, -0.25) is 14.0 Å². The third-order valence-electron chi connectivity index (χ3n) is 4.59. The number of aromatic nitrogens is 2. The van der Waals surface area contributed by atoms with E-state index in [9.17, 15) is 18.0 Å². The van der Waals surface area contributed by atoms with Crippen molar-refractivity contribution in [1.82, 2.24) is 13.7 Å². The Morgan fingerprint density at radius 3 is 2.89 bits per heavy atom. The summed E-state index contributed by atoms with van der Waals surface area (Å²) in [5.41, 5.74) is 1.31. The molecule has 0 N–H and O–H groups in total. The Labute approximate surface area is 157 Å². The highest BCUT2D eigenvalue weighted by molar-refractivity contribution is 7.89. The third kappa shape index (κ3) is 4.03. The maximum atomic E-state index is 12.4. The van der Waals surface area contributed by atoms with E-state index in [-0.39, 0.29) is 17.9 Å². The molecule has 0 saturated carbocycles. The summed E-state index contributed by atoms with van der Waals surface area (Å²) in [5.74, 6) is -0.586. The van der Waals surface area contributed by atoms with E-state index in [4.69, 9.17) is 4.74 Å². The highest BCUT2D eigenvalue weighted by Gasteiger charge is 2.39. The molecule has 3 heterocycles. The second kappa shape index (κ2) is 7.77. The fourth-order valence-electron chi connectivity index (χ4n) is 3.36. The number of carbonyl (C=O) groups excluding carboxylic acids is 1. The molecule has 3 rings (SSSR count). The summed E-state index contributed by atoms with van der Waals surface area (Å²) in [6, 6.07) is 5.83. The molecule has 0 amide bonds. The highest BCUT2D eigenvalue weighted by Crippen LogP contribution is 2.23. The van der Waals surface area contributed by atoms with Gasteiger partial charge in [-0.15, -0.1) is 0 Å². The van der Waals surface area contributed by atoms with Crippen molar-refractivity contribution >= 4 is 21.6 Å². The van der Waals surface area contributed by atoms with E-state index >= 15 is 0 Å². The maximum absolute atomic E-state index is 12.4. The van der Waals surface area contributed by atoms with Crippen molar-refractivity contribution in [2.45, 2.75) is 45.8 Å². The van der Waals surface area contributed by atoms with Crippen LogP contribution in [0.3, 0.4) is 0 Å². The molecule has 0 aromatic carbocycles. The van der Waals surface area contributed by atoms with Crippen LogP contribution in [0.4, 0.5) is 0 Å². The van der Waals surface area contributed by atoms with E-state index in [1.807, 2.05) is 0 Å². The van der Waals surface area contributed by atoms with Crippen LogP contribution in [0, 0.1) is 6.92 Å². The van der Waals surface area contributed by atoms with Gasteiger partial charge >= 0.3 is 5.97 Å². The van der Waals surface area contributed by atoms with Crippen LogP contribution in [0.1, 0.15) is 37.6 Å². The van der Waals surface area contributed by atoms with Gasteiger partial charge in [-0.2, -0.15) is 4.31 Å². The van der Waals surface area contributed by atoms with Crippen LogP contribution >= 0.6 is 0 Å². The van der Waals surface area contributed by atoms with Crippen molar-refractivity contribution in [1.29, 1.82) is 0 Å². The highest BCUT2D eigenvalue weighted by atomic mass is 32.2. The van der Waals surface area contributed by atoms with Crippen LogP contribution in [0.5, 0.6) is 0 Å². The fourth-order valence-corrected chi connectivity index (χ4v) is 5.10. The Balaban J connectivity index is 1.74. The Morgan fingerprint density at radius 2 is 2.15 bits per heavy atom. The fraction of sp³-hybridized carbons (Fsp3) is 0.500. The minimum absolute atomic E-state index is 0.0130. The Hall–Kier alpha value is -2.26. The van der Waals surface area contributed by atoms with Gasteiger partial charge in [-0.25, -0.2) is 13.4 Å². The van der Waals surface area contributed by atoms with Crippen LogP contribution in [0.2, 0.25) is 0 Å². The molecule has 0 bridgehead atoms. The number of fused-ring (bicyclic) bond motifs is 1. The molecule has 146 valence electrons. The molecule has 27 heavy (non-hydrogen) atoms. The number of nitrogens with zero attached hydrogens (tertiary/aromatic N) is 3. The summed E-state index contributed by atoms with van der Waals surface area (Å²) in [6.07, 6.45) is 1.55. The van der Waals surface area contributed by atoms with Gasteiger partial charge in [0.2, 0.25) is 10.0 Å². The van der Waals surface area contributed by atoms with Crippen LogP contribution in [-0.2, 0) is 26.2 Å². The van der Waals surface area contributed by atoms with Crippen LogP contribution in [0.25, 0.3) is 5.65 Å². The van der Waals surface area contributed by atoms with Gasteiger partial charge in [0.25, 0.3) is 5.56 Å². The number of hydrogen-bond acceptors (Lipinski definition) is 6. The predicted molar refractivity (Wildman–Crippen MR) is 99.8 cm³/mol. The molecule has 1 saturated heterocycles. The van der Waals surface area contributed by atoms with Crippen molar-refractivity contribution in [3.63, 3.8) is 0 Å². The predicted octanol–water partition coefficient (Wildman–Crippen LogP) is 1.25. The normalized spacial score (nSPS) is 18.1. The zero-order valence-corrected chi connectivity index (χ0v) is 16.2. The van der Waals surface area contributed by atoms with Gasteiger partial charge in [0.1, 0.15) is 18.3 Å². The molecule has 0 radical (unpaired) electrons. The SMILES string of the molecule is CCCS(=O)(=O)N1CCCC1C(=O)OCc1cc(=O)n2c(C)cccc2n1. The van der Waals surface area contributed by atoms with Crippen molar-refractivity contribution < 1.29 is 17.9 Å². The van der Waals surface area contributed by atoms with Crippen molar-refractivity contribution in [3.05, 3.63) is 46.0 Å². The molecule has 0 aliphatic carbocycles. The van der Waals surface area contributed by atoms with Crippen LogP contribution in [-0.4, -0.2) is 46.4 Å². The topological polar surface area (TPSA) is 98.0 Å². The summed E-state index contributed by atoms with van der Waals surface area (Å²) in [5, 5.41) is 0. The molecule has 9 heteroatoms. The minimum Gasteiger partial charge on any atom is -0.458 e. The minimum atomic E-state index is -3.46. The number of esters is 1. The van der Waals surface area contributed by atoms with Gasteiger partial charge in [0.05, 0.1) is 11.4 Å². The lowest BCUT2D eigenvalue weighted by molar-refractivity contribution is -0.148. The first kappa shape index (κ1) is 19.5. The lowest BCUT2D eigenvalue weighted by atomic mass is 10.2. The molecule has 1 atom stereocenters. The average molecular weight is 393 g/mol. The number of hydrogen-bond donors (Lipinski definition) is 0. The summed E-state index contributed by atoms with van der Waals surface area (Å²) in [6.45, 7) is 3.75. The van der Waals surface area contributed by atoms with E-state index in [0.29, 0.717) is 37.1 Å². The number of carbonyl (C=O) groups is 1. The smallest absolute Gasteiger partial charge is 0.324 e. The summed E-state index contributed by atoms with van der Waals surface area (Å²) < 4.78 is 32.6. The van der Waals surface area contributed by atoms with Crippen molar-refractivity contribution in [2.75, 3.05) is 12.3 Å². The summed E-state index contributed by atoms with van der Waals surface area (Å²) >= 11 is 0. The van der Waals surface area contributed by atoms with E-state index in [2.05, 4.69) is 4.98 Å². The van der Waals surface area contributed by atoms with E-state index in [1.165, 1.54) is 14.8 Å². The molecule has 0 spiro atoms. The monoisotopic (exact) mass is 393 g/mol. The molecule has 2 aromatic heterocycles. The van der Waals surface area contributed by atoms with E-state index in [1.54, 1.807) is 32.0 Å². The van der Waals surface area contributed by atoms with Gasteiger partial charge in [-0.05, 0) is 38.3 Å². The van der Waals surface area contributed by atoms with Crippen molar-refractivity contribution in [2.24, 2.45) is 0 Å². The quantitative estimate of drug-likeness (QED) is 0.685. The Bertz CT molecular complexity index is 1020. The molecule has 2 aromatic rings. The van der Waals surface area contributed by atoms with Gasteiger partial charge in [0, 0.05) is 18.3 Å². The first-order valence-corrected chi connectivity index (χ1v) is 10.6. The van der Waals surface area contributed by atoms with Crippen molar-refractivity contribution in [3.8, 4) is 0 Å². The summed E-state index contributed by atoms with van der Waals surface area (Å²) in [4.78, 5) is 29.1. The number of aryl methyl sites for hydroxylation is 1. The molecule has 1 fully saturated rings. The lowest BCUT2D eigenvalue weighted by Crippen LogP contribution is -2.42. The Kier molecular flexibility index (Phi) is 5.61. The van der Waals surface area contributed by atoms with Gasteiger partial charge in [-0.1, -0.05) is 13.0 Å². The second-order valence-corrected chi connectivity index (χ2v) is 8.68. The van der Waals surface area contributed by atoms with Crippen LogP contribution in [0.15, 0.2) is 29.1 Å². The number of pyridine rings is 1. The second-order valence-electron chi connectivity index (χ2n) is 6.64. The van der Waals surface area contributed by atoms with Gasteiger partial charge in [0.15, 0.2) is 0 Å². The largest absolute Gasteiger partial charge is 0.458 e. The molecule has 1 unspecified atom stereocenters. The number of ether oxygens (including phenoxy) is 1. The Morgan fingerprint density at radius 1 is 1.37 bits per heavy atom. The first-order valence-electron chi connectivity index (χ1n) is 8.98. The van der Waals surface area contributed by atoms with E-state index in [0.717, 1.165) is 5.69 Å². The molecular weight excluding hydrogens is 370 g/mol. The average Bonchev–Trinajstić information content (AvgIpc) is 3.10. The number of rotatable bonds is 6. The molecule has 1 aliphatic rings. The molecular formula is C18H23N3O5S. The van der Waals surface area contributed by atoms with Gasteiger partial charge < -0.3 is 4.74 Å². The van der Waals surface area contributed by atoms with Crippen LogP contribution < -0.4 is 5.56 Å².